The molecule has 24 heavy (non-hydrogen) atoms. The summed E-state index contributed by atoms with van der Waals surface area (Å²) in [6.07, 6.45) is 0. The lowest BCUT2D eigenvalue weighted by molar-refractivity contribution is 0.0336. The standard InChI is InChI=1S/C18H28N4OS/c1-18(23,13-21(2)3)12-19-11-15-16(14-9-7-6-8-10-14)20-17(24-15)22(4)5/h6-10,19,23H,11-13H2,1-5H3. The summed E-state index contributed by atoms with van der Waals surface area (Å²) in [6, 6.07) is 10.2. The zero-order valence-electron chi connectivity index (χ0n) is 15.2. The molecule has 0 radical (unpaired) electrons. The Kier molecular flexibility index (Phi) is 6.34. The second-order valence-electron chi connectivity index (χ2n) is 6.87. The zero-order chi connectivity index (χ0) is 17.7. The number of benzene rings is 1. The Morgan fingerprint density at radius 2 is 1.83 bits per heavy atom. The molecule has 0 fully saturated rings. The van der Waals surface area contributed by atoms with E-state index in [1.54, 1.807) is 11.3 Å². The Labute approximate surface area is 148 Å². The molecule has 1 aromatic heterocycles. The highest BCUT2D eigenvalue weighted by Gasteiger charge is 2.21. The summed E-state index contributed by atoms with van der Waals surface area (Å²) in [4.78, 5) is 9.99. The van der Waals surface area contributed by atoms with Crippen LogP contribution in [0.15, 0.2) is 30.3 Å². The molecule has 5 nitrogen and oxygen atoms in total. The highest BCUT2D eigenvalue weighted by molar-refractivity contribution is 7.16. The highest BCUT2D eigenvalue weighted by Crippen LogP contribution is 2.32. The second-order valence-corrected chi connectivity index (χ2v) is 7.93. The molecule has 132 valence electrons. The normalized spacial score (nSPS) is 14.0. The lowest BCUT2D eigenvalue weighted by atomic mass is 10.1. The van der Waals surface area contributed by atoms with Crippen molar-refractivity contribution in [3.63, 3.8) is 0 Å². The van der Waals surface area contributed by atoms with E-state index >= 15 is 0 Å². The van der Waals surface area contributed by atoms with Crippen molar-refractivity contribution in [2.24, 2.45) is 0 Å². The van der Waals surface area contributed by atoms with Gasteiger partial charge in [-0.1, -0.05) is 41.7 Å². The molecule has 2 rings (SSSR count). The lowest BCUT2D eigenvalue weighted by Gasteiger charge is -2.27. The smallest absolute Gasteiger partial charge is 0.185 e. The van der Waals surface area contributed by atoms with Gasteiger partial charge in [0.25, 0.3) is 0 Å². The van der Waals surface area contributed by atoms with Crippen LogP contribution >= 0.6 is 11.3 Å². The number of likely N-dealkylation sites (N-methyl/N-ethyl adjacent to an activating group) is 1. The molecule has 0 spiro atoms. The van der Waals surface area contributed by atoms with Gasteiger partial charge in [-0.15, -0.1) is 0 Å². The van der Waals surface area contributed by atoms with Crippen LogP contribution < -0.4 is 10.2 Å². The van der Waals surface area contributed by atoms with Gasteiger partial charge >= 0.3 is 0 Å². The molecule has 0 saturated carbocycles. The average molecular weight is 349 g/mol. The Bertz CT molecular complexity index is 638. The van der Waals surface area contributed by atoms with Gasteiger partial charge in [0.15, 0.2) is 5.13 Å². The molecule has 1 aromatic carbocycles. The topological polar surface area (TPSA) is 51.6 Å². The first-order chi connectivity index (χ1) is 11.3. The van der Waals surface area contributed by atoms with Gasteiger partial charge in [-0.2, -0.15) is 0 Å². The van der Waals surface area contributed by atoms with Crippen LogP contribution in [0.3, 0.4) is 0 Å². The number of thiazole rings is 1. The zero-order valence-corrected chi connectivity index (χ0v) is 16.0. The Morgan fingerprint density at radius 1 is 1.17 bits per heavy atom. The monoisotopic (exact) mass is 348 g/mol. The summed E-state index contributed by atoms with van der Waals surface area (Å²) in [5.41, 5.74) is 1.38. The molecule has 1 atom stereocenters. The summed E-state index contributed by atoms with van der Waals surface area (Å²) < 4.78 is 0. The number of aromatic nitrogens is 1. The lowest BCUT2D eigenvalue weighted by Crippen LogP contribution is -2.45. The van der Waals surface area contributed by atoms with Crippen molar-refractivity contribution in [2.75, 3.05) is 46.2 Å². The molecular formula is C18H28N4OS. The van der Waals surface area contributed by atoms with E-state index in [9.17, 15) is 5.11 Å². The highest BCUT2D eigenvalue weighted by atomic mass is 32.1. The Balaban J connectivity index is 2.12. The van der Waals surface area contributed by atoms with Gasteiger partial charge in [0.1, 0.15) is 0 Å². The molecule has 0 amide bonds. The van der Waals surface area contributed by atoms with Gasteiger partial charge in [-0.3, -0.25) is 0 Å². The maximum absolute atomic E-state index is 10.4. The molecule has 0 aliphatic carbocycles. The van der Waals surface area contributed by atoms with E-state index in [-0.39, 0.29) is 0 Å². The Morgan fingerprint density at radius 3 is 2.42 bits per heavy atom. The van der Waals surface area contributed by atoms with Crippen molar-refractivity contribution in [1.82, 2.24) is 15.2 Å². The first-order valence-electron chi connectivity index (χ1n) is 8.09. The van der Waals surface area contributed by atoms with Crippen LogP contribution in [-0.2, 0) is 6.54 Å². The number of aliphatic hydroxyl groups is 1. The van der Waals surface area contributed by atoms with Gasteiger partial charge < -0.3 is 20.2 Å². The quantitative estimate of drug-likeness (QED) is 0.766. The van der Waals surface area contributed by atoms with Gasteiger partial charge in [0, 0.05) is 44.2 Å². The van der Waals surface area contributed by atoms with E-state index in [1.807, 2.05) is 63.1 Å². The summed E-state index contributed by atoms with van der Waals surface area (Å²) in [5, 5.41) is 14.8. The fourth-order valence-electron chi connectivity index (χ4n) is 2.65. The van der Waals surface area contributed by atoms with Crippen molar-refractivity contribution in [3.8, 4) is 11.3 Å². The Hall–Kier alpha value is -1.47. The molecule has 2 N–H and O–H groups in total. The second kappa shape index (κ2) is 8.07. The van der Waals surface area contributed by atoms with E-state index < -0.39 is 5.60 Å². The van der Waals surface area contributed by atoms with E-state index in [4.69, 9.17) is 4.98 Å². The van der Waals surface area contributed by atoms with E-state index in [0.29, 0.717) is 19.6 Å². The number of rotatable bonds is 8. The number of nitrogens with one attached hydrogen (secondary N) is 1. The number of nitrogens with zero attached hydrogens (tertiary/aromatic N) is 3. The minimum absolute atomic E-state index is 0.536. The summed E-state index contributed by atoms with van der Waals surface area (Å²) in [6.45, 7) is 3.71. The fraction of sp³-hybridized carbons (Fsp3) is 0.500. The third-order valence-corrected chi connectivity index (χ3v) is 4.79. The van der Waals surface area contributed by atoms with Crippen molar-refractivity contribution in [3.05, 3.63) is 35.2 Å². The number of anilines is 1. The van der Waals surface area contributed by atoms with Gasteiger partial charge in [0.05, 0.1) is 11.3 Å². The van der Waals surface area contributed by atoms with Crippen LogP contribution in [0, 0.1) is 0 Å². The molecule has 6 heteroatoms. The molecule has 0 saturated heterocycles. The molecular weight excluding hydrogens is 320 g/mol. The maximum Gasteiger partial charge on any atom is 0.185 e. The average Bonchev–Trinajstić information content (AvgIpc) is 2.91. The van der Waals surface area contributed by atoms with Crippen molar-refractivity contribution >= 4 is 16.5 Å². The third-order valence-electron chi connectivity index (χ3n) is 3.56. The summed E-state index contributed by atoms with van der Waals surface area (Å²) >= 11 is 1.69. The van der Waals surface area contributed by atoms with E-state index in [1.165, 1.54) is 4.88 Å². The largest absolute Gasteiger partial charge is 0.388 e. The van der Waals surface area contributed by atoms with Crippen LogP contribution in [0.1, 0.15) is 11.8 Å². The molecule has 0 aliphatic rings. The van der Waals surface area contributed by atoms with Crippen LogP contribution in [0.25, 0.3) is 11.3 Å². The summed E-state index contributed by atoms with van der Waals surface area (Å²) in [7, 11) is 7.95. The van der Waals surface area contributed by atoms with Crippen molar-refractivity contribution in [1.29, 1.82) is 0 Å². The van der Waals surface area contributed by atoms with Crippen molar-refractivity contribution < 1.29 is 5.11 Å². The molecule has 1 unspecified atom stereocenters. The van der Waals surface area contributed by atoms with Crippen LogP contribution in [0.5, 0.6) is 0 Å². The van der Waals surface area contributed by atoms with Crippen molar-refractivity contribution in [2.45, 2.75) is 19.1 Å². The molecule has 0 aliphatic heterocycles. The predicted molar refractivity (Wildman–Crippen MR) is 103 cm³/mol. The van der Waals surface area contributed by atoms with Crippen LogP contribution in [0.4, 0.5) is 5.13 Å². The number of hydrogen-bond donors (Lipinski definition) is 2. The molecule has 0 bridgehead atoms. The molecule has 2 aromatic rings. The first-order valence-corrected chi connectivity index (χ1v) is 8.90. The minimum atomic E-state index is -0.758. The number of hydrogen-bond acceptors (Lipinski definition) is 6. The van der Waals surface area contributed by atoms with Gasteiger partial charge in [-0.25, -0.2) is 4.98 Å². The van der Waals surface area contributed by atoms with Gasteiger partial charge in [0.2, 0.25) is 0 Å². The molecule has 1 heterocycles. The first kappa shape index (κ1) is 18.9. The SMILES string of the molecule is CN(C)CC(C)(O)CNCc1sc(N(C)C)nc1-c1ccccc1. The van der Waals surface area contributed by atoms with Crippen LogP contribution in [0.2, 0.25) is 0 Å². The predicted octanol–water partition coefficient (Wildman–Crippen LogP) is 2.28. The third kappa shape index (κ3) is 5.27. The van der Waals surface area contributed by atoms with E-state index in [2.05, 4.69) is 17.4 Å². The maximum atomic E-state index is 10.4. The van der Waals surface area contributed by atoms with Crippen LogP contribution in [-0.4, -0.2) is 61.9 Å². The van der Waals surface area contributed by atoms with E-state index in [0.717, 1.165) is 16.4 Å². The minimum Gasteiger partial charge on any atom is -0.388 e. The summed E-state index contributed by atoms with van der Waals surface area (Å²) in [5.74, 6) is 0. The van der Waals surface area contributed by atoms with Gasteiger partial charge in [-0.05, 0) is 21.0 Å². The fourth-order valence-corrected chi connectivity index (χ4v) is 3.63.